The van der Waals surface area contributed by atoms with Crippen molar-refractivity contribution in [1.29, 1.82) is 0 Å². The van der Waals surface area contributed by atoms with Gasteiger partial charge in [0.1, 0.15) is 0 Å². The molecule has 0 saturated heterocycles. The number of nitrogen functional groups attached to an aromatic ring is 1. The molecule has 0 aliphatic carbocycles. The van der Waals surface area contributed by atoms with Crippen molar-refractivity contribution in [1.82, 2.24) is 0 Å². The molecule has 0 heterocycles. The van der Waals surface area contributed by atoms with Crippen LogP contribution in [0, 0.1) is 5.92 Å². The van der Waals surface area contributed by atoms with Gasteiger partial charge in [0, 0.05) is 5.69 Å². The second kappa shape index (κ2) is 3.96. The maximum Gasteiger partial charge on any atom is 0.0387 e. The topological polar surface area (TPSA) is 26.0 Å². The molecule has 0 bridgehead atoms. The van der Waals surface area contributed by atoms with E-state index < -0.39 is 0 Å². The first-order valence-electron chi connectivity index (χ1n) is 4.23. The summed E-state index contributed by atoms with van der Waals surface area (Å²) in [7, 11) is 0. The standard InChI is InChI=1S/C11H15N/c1-9(2)7-8-10-5-3-4-6-11(10)12/h3-9H,12H2,1-2H3. The summed E-state index contributed by atoms with van der Waals surface area (Å²) in [4.78, 5) is 0. The number of para-hydroxylation sites is 1. The Hall–Kier alpha value is -1.24. The average Bonchev–Trinajstić information content (AvgIpc) is 2.03. The van der Waals surface area contributed by atoms with Crippen molar-refractivity contribution >= 4 is 11.8 Å². The Balaban J connectivity index is 2.82. The molecule has 0 aliphatic heterocycles. The number of allylic oxidation sites excluding steroid dienone is 1. The number of benzene rings is 1. The van der Waals surface area contributed by atoms with Gasteiger partial charge in [0.15, 0.2) is 0 Å². The quantitative estimate of drug-likeness (QED) is 0.663. The largest absolute Gasteiger partial charge is 0.398 e. The molecule has 1 aromatic rings. The molecule has 0 amide bonds. The number of nitrogens with two attached hydrogens (primary N) is 1. The highest BCUT2D eigenvalue weighted by Gasteiger charge is 1.91. The zero-order valence-corrected chi connectivity index (χ0v) is 7.62. The third-order valence-corrected chi connectivity index (χ3v) is 1.66. The first kappa shape index (κ1) is 8.85. The van der Waals surface area contributed by atoms with Gasteiger partial charge >= 0.3 is 0 Å². The summed E-state index contributed by atoms with van der Waals surface area (Å²) in [6.45, 7) is 4.30. The van der Waals surface area contributed by atoms with E-state index in [0.29, 0.717) is 5.92 Å². The Morgan fingerprint density at radius 1 is 1.25 bits per heavy atom. The molecule has 12 heavy (non-hydrogen) atoms. The summed E-state index contributed by atoms with van der Waals surface area (Å²) in [6, 6.07) is 7.88. The van der Waals surface area contributed by atoms with E-state index in [1.165, 1.54) is 0 Å². The summed E-state index contributed by atoms with van der Waals surface area (Å²) in [5, 5.41) is 0. The van der Waals surface area contributed by atoms with E-state index in [1.54, 1.807) is 0 Å². The smallest absolute Gasteiger partial charge is 0.0387 e. The molecule has 0 saturated carbocycles. The Morgan fingerprint density at radius 3 is 2.50 bits per heavy atom. The second-order valence-corrected chi connectivity index (χ2v) is 3.23. The van der Waals surface area contributed by atoms with Gasteiger partial charge in [0.25, 0.3) is 0 Å². The van der Waals surface area contributed by atoms with Crippen LogP contribution in [0.4, 0.5) is 5.69 Å². The highest BCUT2D eigenvalue weighted by atomic mass is 14.5. The number of rotatable bonds is 2. The Bertz CT molecular complexity index is 274. The summed E-state index contributed by atoms with van der Waals surface area (Å²) >= 11 is 0. The molecule has 0 unspecified atom stereocenters. The summed E-state index contributed by atoms with van der Waals surface area (Å²) < 4.78 is 0. The van der Waals surface area contributed by atoms with Gasteiger partial charge < -0.3 is 5.73 Å². The zero-order valence-electron chi connectivity index (χ0n) is 7.62. The lowest BCUT2D eigenvalue weighted by molar-refractivity contribution is 0.836. The van der Waals surface area contributed by atoms with Crippen molar-refractivity contribution in [3.63, 3.8) is 0 Å². The predicted octanol–water partition coefficient (Wildman–Crippen LogP) is 2.94. The molecule has 1 rings (SSSR count). The van der Waals surface area contributed by atoms with Crippen molar-refractivity contribution in [2.45, 2.75) is 13.8 Å². The maximum absolute atomic E-state index is 5.76. The van der Waals surface area contributed by atoms with Gasteiger partial charge in [-0.15, -0.1) is 0 Å². The van der Waals surface area contributed by atoms with Crippen LogP contribution in [0.5, 0.6) is 0 Å². The second-order valence-electron chi connectivity index (χ2n) is 3.23. The Labute approximate surface area is 73.9 Å². The highest BCUT2D eigenvalue weighted by Crippen LogP contribution is 2.13. The average molecular weight is 161 g/mol. The lowest BCUT2D eigenvalue weighted by atomic mass is 10.1. The van der Waals surface area contributed by atoms with Crippen molar-refractivity contribution in [2.75, 3.05) is 5.73 Å². The fourth-order valence-corrected chi connectivity index (χ4v) is 0.959. The molecule has 0 spiro atoms. The minimum atomic E-state index is 0.574. The summed E-state index contributed by atoms with van der Waals surface area (Å²) in [5.74, 6) is 0.574. The molecular weight excluding hydrogens is 146 g/mol. The van der Waals surface area contributed by atoms with Crippen molar-refractivity contribution in [2.24, 2.45) is 5.92 Å². The van der Waals surface area contributed by atoms with Gasteiger partial charge in [-0.3, -0.25) is 0 Å². The molecular formula is C11H15N. The third-order valence-electron chi connectivity index (χ3n) is 1.66. The van der Waals surface area contributed by atoms with E-state index in [2.05, 4.69) is 26.0 Å². The Kier molecular flexibility index (Phi) is 2.92. The fraction of sp³-hybridized carbons (Fsp3) is 0.273. The van der Waals surface area contributed by atoms with Gasteiger partial charge in [-0.25, -0.2) is 0 Å². The van der Waals surface area contributed by atoms with E-state index in [4.69, 9.17) is 5.73 Å². The van der Waals surface area contributed by atoms with Crippen molar-refractivity contribution in [3.8, 4) is 0 Å². The molecule has 2 N–H and O–H groups in total. The molecule has 1 aromatic carbocycles. The van der Waals surface area contributed by atoms with Crippen molar-refractivity contribution in [3.05, 3.63) is 35.9 Å². The predicted molar refractivity (Wildman–Crippen MR) is 54.7 cm³/mol. The van der Waals surface area contributed by atoms with Crippen LogP contribution in [0.25, 0.3) is 6.08 Å². The van der Waals surface area contributed by atoms with Gasteiger partial charge in [-0.05, 0) is 17.5 Å². The maximum atomic E-state index is 5.76. The van der Waals surface area contributed by atoms with E-state index >= 15 is 0 Å². The van der Waals surface area contributed by atoms with E-state index in [0.717, 1.165) is 11.3 Å². The highest BCUT2D eigenvalue weighted by molar-refractivity contribution is 5.64. The van der Waals surface area contributed by atoms with Crippen LogP contribution in [0.3, 0.4) is 0 Å². The van der Waals surface area contributed by atoms with Gasteiger partial charge in [0.05, 0.1) is 0 Å². The van der Waals surface area contributed by atoms with Gasteiger partial charge in [-0.1, -0.05) is 44.2 Å². The first-order valence-corrected chi connectivity index (χ1v) is 4.23. The fourth-order valence-electron chi connectivity index (χ4n) is 0.959. The summed E-state index contributed by atoms with van der Waals surface area (Å²) in [5.41, 5.74) is 7.70. The molecule has 0 radical (unpaired) electrons. The van der Waals surface area contributed by atoms with Crippen LogP contribution < -0.4 is 5.73 Å². The SMILES string of the molecule is CC(C)C=Cc1ccccc1N. The zero-order chi connectivity index (χ0) is 8.97. The normalized spacial score (nSPS) is 11.2. The molecule has 64 valence electrons. The van der Waals surface area contributed by atoms with E-state index in [-0.39, 0.29) is 0 Å². The van der Waals surface area contributed by atoms with Crippen LogP contribution in [0.1, 0.15) is 19.4 Å². The van der Waals surface area contributed by atoms with E-state index in [1.807, 2.05) is 24.3 Å². The van der Waals surface area contributed by atoms with Gasteiger partial charge in [0.2, 0.25) is 0 Å². The number of anilines is 1. The molecule has 0 atom stereocenters. The number of hydrogen-bond donors (Lipinski definition) is 1. The monoisotopic (exact) mass is 161 g/mol. The number of hydrogen-bond acceptors (Lipinski definition) is 1. The Morgan fingerprint density at radius 2 is 1.92 bits per heavy atom. The lowest BCUT2D eigenvalue weighted by Gasteiger charge is -1.99. The molecule has 1 nitrogen and oxygen atoms in total. The van der Waals surface area contributed by atoms with Crippen LogP contribution in [-0.4, -0.2) is 0 Å². The van der Waals surface area contributed by atoms with Crippen LogP contribution in [-0.2, 0) is 0 Å². The van der Waals surface area contributed by atoms with Crippen molar-refractivity contribution < 1.29 is 0 Å². The van der Waals surface area contributed by atoms with Crippen LogP contribution in [0.15, 0.2) is 30.3 Å². The minimum Gasteiger partial charge on any atom is -0.398 e. The molecule has 0 aromatic heterocycles. The molecule has 1 heteroatoms. The van der Waals surface area contributed by atoms with E-state index in [9.17, 15) is 0 Å². The van der Waals surface area contributed by atoms with Crippen LogP contribution >= 0.6 is 0 Å². The van der Waals surface area contributed by atoms with Gasteiger partial charge in [-0.2, -0.15) is 0 Å². The molecule has 0 fully saturated rings. The minimum absolute atomic E-state index is 0.574. The third kappa shape index (κ3) is 2.42. The molecule has 0 aliphatic rings. The first-order chi connectivity index (χ1) is 5.70. The summed E-state index contributed by atoms with van der Waals surface area (Å²) in [6.07, 6.45) is 4.21. The van der Waals surface area contributed by atoms with Crippen LogP contribution in [0.2, 0.25) is 0 Å². The lowest BCUT2D eigenvalue weighted by Crippen LogP contribution is -1.88.